The number of aromatic nitrogens is 1. The zero-order chi connectivity index (χ0) is 12.4. The maximum atomic E-state index is 12.2. The third kappa shape index (κ3) is 2.86. The van der Waals surface area contributed by atoms with Crippen molar-refractivity contribution in [2.75, 3.05) is 13.1 Å². The van der Waals surface area contributed by atoms with Gasteiger partial charge in [0.25, 0.3) is 5.91 Å². The number of halogens is 1. The molecule has 0 N–H and O–H groups in total. The molecule has 0 spiro atoms. The molecule has 0 saturated carbocycles. The molecular weight excluding hydrogens is 280 g/mol. The highest BCUT2D eigenvalue weighted by molar-refractivity contribution is 9.10. The minimum Gasteiger partial charge on any atom is -0.338 e. The Kier molecular flexibility index (Phi) is 3.82. The molecule has 1 saturated heterocycles. The van der Waals surface area contributed by atoms with Gasteiger partial charge in [-0.2, -0.15) is 0 Å². The summed E-state index contributed by atoms with van der Waals surface area (Å²) in [7, 11) is 0. The van der Waals surface area contributed by atoms with E-state index in [0.717, 1.165) is 24.0 Å². The predicted molar refractivity (Wildman–Crippen MR) is 70.8 cm³/mol. The molecule has 0 bridgehead atoms. The maximum Gasteiger partial charge on any atom is 0.255 e. The molecule has 2 heterocycles. The van der Waals surface area contributed by atoms with Crippen molar-refractivity contribution in [1.29, 1.82) is 0 Å². The number of rotatable bonds is 2. The van der Waals surface area contributed by atoms with Crippen LogP contribution in [0.2, 0.25) is 0 Å². The van der Waals surface area contributed by atoms with E-state index < -0.39 is 0 Å². The van der Waals surface area contributed by atoms with Crippen molar-refractivity contribution in [2.45, 2.75) is 20.3 Å². The summed E-state index contributed by atoms with van der Waals surface area (Å²) in [5.41, 5.74) is 0.670. The second kappa shape index (κ2) is 5.17. The quantitative estimate of drug-likeness (QED) is 0.841. The Morgan fingerprint density at radius 3 is 2.88 bits per heavy atom. The van der Waals surface area contributed by atoms with E-state index in [1.54, 1.807) is 12.4 Å². The van der Waals surface area contributed by atoms with E-state index in [-0.39, 0.29) is 5.91 Å². The standard InChI is InChI=1S/C13H17BrN2O/c1-9(2)10-3-4-16(8-10)13(17)11-5-12(14)7-15-6-11/h5-7,9-10H,3-4,8H2,1-2H3. The Bertz CT molecular complexity index is 420. The molecule has 1 aromatic rings. The monoisotopic (exact) mass is 296 g/mol. The van der Waals surface area contributed by atoms with Crippen molar-refractivity contribution in [3.05, 3.63) is 28.5 Å². The first kappa shape index (κ1) is 12.6. The summed E-state index contributed by atoms with van der Waals surface area (Å²) >= 11 is 3.34. The lowest BCUT2D eigenvalue weighted by Crippen LogP contribution is -2.29. The number of likely N-dealkylation sites (tertiary alicyclic amines) is 1. The summed E-state index contributed by atoms with van der Waals surface area (Å²) in [6.45, 7) is 6.19. The average molecular weight is 297 g/mol. The normalized spacial score (nSPS) is 20.0. The van der Waals surface area contributed by atoms with E-state index in [1.165, 1.54) is 0 Å². The fourth-order valence-corrected chi connectivity index (χ4v) is 2.59. The van der Waals surface area contributed by atoms with Crippen LogP contribution in [-0.4, -0.2) is 28.9 Å². The van der Waals surface area contributed by atoms with Crippen LogP contribution in [0.5, 0.6) is 0 Å². The molecule has 1 fully saturated rings. The first-order valence-electron chi connectivity index (χ1n) is 5.97. The summed E-state index contributed by atoms with van der Waals surface area (Å²) < 4.78 is 0.850. The van der Waals surface area contributed by atoms with Gasteiger partial charge in [0.2, 0.25) is 0 Å². The average Bonchev–Trinajstić information content (AvgIpc) is 2.77. The lowest BCUT2D eigenvalue weighted by Gasteiger charge is -2.18. The van der Waals surface area contributed by atoms with Gasteiger partial charge in [0, 0.05) is 30.0 Å². The topological polar surface area (TPSA) is 33.2 Å². The van der Waals surface area contributed by atoms with Crippen molar-refractivity contribution >= 4 is 21.8 Å². The van der Waals surface area contributed by atoms with Gasteiger partial charge in [-0.05, 0) is 40.3 Å². The Hall–Kier alpha value is -0.900. The van der Waals surface area contributed by atoms with Crippen LogP contribution in [0.3, 0.4) is 0 Å². The molecule has 3 nitrogen and oxygen atoms in total. The molecule has 2 rings (SSSR count). The zero-order valence-electron chi connectivity index (χ0n) is 10.2. The SMILES string of the molecule is CC(C)C1CCN(C(=O)c2cncc(Br)c2)C1. The number of carbonyl (C=O) groups excluding carboxylic acids is 1. The Labute approximate surface area is 110 Å². The summed E-state index contributed by atoms with van der Waals surface area (Å²) in [6, 6.07) is 1.83. The lowest BCUT2D eigenvalue weighted by atomic mass is 9.95. The number of amides is 1. The molecule has 0 radical (unpaired) electrons. The van der Waals surface area contributed by atoms with Crippen LogP contribution < -0.4 is 0 Å². The fourth-order valence-electron chi connectivity index (χ4n) is 2.23. The van der Waals surface area contributed by atoms with Gasteiger partial charge in [-0.3, -0.25) is 9.78 Å². The van der Waals surface area contributed by atoms with E-state index >= 15 is 0 Å². The van der Waals surface area contributed by atoms with Crippen LogP contribution in [0.15, 0.2) is 22.9 Å². The molecule has 92 valence electrons. The van der Waals surface area contributed by atoms with Crippen LogP contribution in [0, 0.1) is 11.8 Å². The van der Waals surface area contributed by atoms with E-state index in [9.17, 15) is 4.79 Å². The third-order valence-electron chi connectivity index (χ3n) is 3.41. The van der Waals surface area contributed by atoms with Crippen molar-refractivity contribution < 1.29 is 4.79 Å². The van der Waals surface area contributed by atoms with Gasteiger partial charge in [0.15, 0.2) is 0 Å². The number of hydrogen-bond acceptors (Lipinski definition) is 2. The second-order valence-corrected chi connectivity index (χ2v) is 5.85. The smallest absolute Gasteiger partial charge is 0.255 e. The van der Waals surface area contributed by atoms with Crippen molar-refractivity contribution in [2.24, 2.45) is 11.8 Å². The first-order chi connectivity index (χ1) is 8.08. The molecule has 1 aliphatic heterocycles. The summed E-state index contributed by atoms with van der Waals surface area (Å²) in [5, 5.41) is 0. The fraction of sp³-hybridized carbons (Fsp3) is 0.538. The number of carbonyl (C=O) groups is 1. The highest BCUT2D eigenvalue weighted by Gasteiger charge is 2.28. The van der Waals surface area contributed by atoms with Crippen molar-refractivity contribution in [3.63, 3.8) is 0 Å². The number of nitrogens with zero attached hydrogens (tertiary/aromatic N) is 2. The molecule has 1 unspecified atom stereocenters. The molecule has 1 atom stereocenters. The predicted octanol–water partition coefficient (Wildman–Crippen LogP) is 2.96. The molecule has 4 heteroatoms. The van der Waals surface area contributed by atoms with E-state index in [1.807, 2.05) is 11.0 Å². The minimum absolute atomic E-state index is 0.0990. The van der Waals surface area contributed by atoms with E-state index in [2.05, 4.69) is 34.8 Å². The van der Waals surface area contributed by atoms with Crippen LogP contribution >= 0.6 is 15.9 Å². The summed E-state index contributed by atoms with van der Waals surface area (Å²) in [5.74, 6) is 1.38. The minimum atomic E-state index is 0.0990. The largest absolute Gasteiger partial charge is 0.338 e. The highest BCUT2D eigenvalue weighted by atomic mass is 79.9. The summed E-state index contributed by atoms with van der Waals surface area (Å²) in [6.07, 6.45) is 4.44. The second-order valence-electron chi connectivity index (χ2n) is 4.94. The Morgan fingerprint density at radius 1 is 1.53 bits per heavy atom. The van der Waals surface area contributed by atoms with E-state index in [4.69, 9.17) is 0 Å². The van der Waals surface area contributed by atoms with Crippen LogP contribution in [-0.2, 0) is 0 Å². The molecule has 0 aromatic carbocycles. The van der Waals surface area contributed by atoms with Gasteiger partial charge in [-0.25, -0.2) is 0 Å². The van der Waals surface area contributed by atoms with E-state index in [0.29, 0.717) is 17.4 Å². The molecular formula is C13H17BrN2O. The Balaban J connectivity index is 2.07. The van der Waals surface area contributed by atoms with Crippen LogP contribution in [0.4, 0.5) is 0 Å². The maximum absolute atomic E-state index is 12.2. The number of pyridine rings is 1. The molecule has 1 amide bonds. The van der Waals surface area contributed by atoms with Crippen molar-refractivity contribution in [3.8, 4) is 0 Å². The number of hydrogen-bond donors (Lipinski definition) is 0. The lowest BCUT2D eigenvalue weighted by molar-refractivity contribution is 0.0783. The Morgan fingerprint density at radius 2 is 2.29 bits per heavy atom. The van der Waals surface area contributed by atoms with Crippen LogP contribution in [0.1, 0.15) is 30.6 Å². The van der Waals surface area contributed by atoms with Gasteiger partial charge in [-0.1, -0.05) is 13.8 Å². The molecule has 1 aromatic heterocycles. The van der Waals surface area contributed by atoms with Crippen molar-refractivity contribution in [1.82, 2.24) is 9.88 Å². The molecule has 1 aliphatic rings. The molecule has 17 heavy (non-hydrogen) atoms. The van der Waals surface area contributed by atoms with Gasteiger partial charge >= 0.3 is 0 Å². The van der Waals surface area contributed by atoms with Gasteiger partial charge in [-0.15, -0.1) is 0 Å². The van der Waals surface area contributed by atoms with Gasteiger partial charge < -0.3 is 4.90 Å². The van der Waals surface area contributed by atoms with Gasteiger partial charge in [0.05, 0.1) is 5.56 Å². The first-order valence-corrected chi connectivity index (χ1v) is 6.77. The summed E-state index contributed by atoms with van der Waals surface area (Å²) in [4.78, 5) is 18.2. The zero-order valence-corrected chi connectivity index (χ0v) is 11.8. The van der Waals surface area contributed by atoms with Gasteiger partial charge in [0.1, 0.15) is 0 Å². The van der Waals surface area contributed by atoms with Crippen LogP contribution in [0.25, 0.3) is 0 Å². The third-order valence-corrected chi connectivity index (χ3v) is 3.84. The highest BCUT2D eigenvalue weighted by Crippen LogP contribution is 2.25. The molecule has 0 aliphatic carbocycles.